The summed E-state index contributed by atoms with van der Waals surface area (Å²) in [5, 5.41) is 0. The van der Waals surface area contributed by atoms with Gasteiger partial charge in [0.15, 0.2) is 11.5 Å². The summed E-state index contributed by atoms with van der Waals surface area (Å²) in [5.41, 5.74) is 7.37. The van der Waals surface area contributed by atoms with Crippen LogP contribution >= 0.6 is 15.9 Å². The Morgan fingerprint density at radius 2 is 2.00 bits per heavy atom. The van der Waals surface area contributed by atoms with Crippen molar-refractivity contribution in [3.05, 3.63) is 22.2 Å². The highest BCUT2D eigenvalue weighted by molar-refractivity contribution is 9.10. The van der Waals surface area contributed by atoms with Crippen LogP contribution in [0, 0.1) is 5.92 Å². The second-order valence-electron chi connectivity index (χ2n) is 5.55. The number of halogens is 1. The van der Waals surface area contributed by atoms with Crippen LogP contribution in [0.4, 0.5) is 0 Å². The molecule has 0 aromatic heterocycles. The van der Waals surface area contributed by atoms with Crippen molar-refractivity contribution in [1.29, 1.82) is 0 Å². The smallest absolute Gasteiger partial charge is 0.175 e. The summed E-state index contributed by atoms with van der Waals surface area (Å²) in [4.78, 5) is 0. The minimum absolute atomic E-state index is 0.191. The van der Waals surface area contributed by atoms with Crippen LogP contribution in [0.25, 0.3) is 0 Å². The molecule has 0 aliphatic carbocycles. The Bertz CT molecular complexity index is 434. The van der Waals surface area contributed by atoms with Gasteiger partial charge in [-0.2, -0.15) is 0 Å². The van der Waals surface area contributed by atoms with E-state index >= 15 is 0 Å². The van der Waals surface area contributed by atoms with Crippen LogP contribution in [-0.2, 0) is 6.42 Å². The number of rotatable bonds is 4. The first-order chi connectivity index (χ1) is 9.06. The van der Waals surface area contributed by atoms with Gasteiger partial charge in [-0.15, -0.1) is 0 Å². The fourth-order valence-electron chi connectivity index (χ4n) is 2.39. The minimum Gasteiger partial charge on any atom is -0.490 e. The van der Waals surface area contributed by atoms with Crippen LogP contribution in [0.3, 0.4) is 0 Å². The lowest BCUT2D eigenvalue weighted by Crippen LogP contribution is -2.24. The van der Waals surface area contributed by atoms with E-state index in [1.54, 1.807) is 0 Å². The molecule has 0 spiro atoms. The Morgan fingerprint density at radius 3 is 2.74 bits per heavy atom. The molecule has 0 fully saturated rings. The Hall–Kier alpha value is -0.740. The van der Waals surface area contributed by atoms with Gasteiger partial charge in [-0.1, -0.05) is 13.8 Å². The standard InChI is InChI=1S/C15H22BrNO2/c1-10(2)6-12(17)7-11-8-13(16)15-14(9-11)18-4-3-5-19-15/h8-10,12H,3-7,17H2,1-2H3. The van der Waals surface area contributed by atoms with Crippen molar-refractivity contribution in [2.24, 2.45) is 11.7 Å². The number of ether oxygens (including phenoxy) is 2. The van der Waals surface area contributed by atoms with Crippen molar-refractivity contribution in [2.75, 3.05) is 13.2 Å². The van der Waals surface area contributed by atoms with Crippen LogP contribution in [0.2, 0.25) is 0 Å². The number of hydrogen-bond donors (Lipinski definition) is 1. The zero-order valence-corrected chi connectivity index (χ0v) is 13.2. The zero-order chi connectivity index (χ0) is 13.8. The fraction of sp³-hybridized carbons (Fsp3) is 0.600. The first-order valence-electron chi connectivity index (χ1n) is 6.90. The molecule has 2 N–H and O–H groups in total. The molecular weight excluding hydrogens is 306 g/mol. The first kappa shape index (κ1) is 14.7. The van der Waals surface area contributed by atoms with E-state index in [-0.39, 0.29) is 6.04 Å². The molecule has 3 nitrogen and oxygen atoms in total. The van der Waals surface area contributed by atoms with E-state index in [1.807, 2.05) is 0 Å². The third-order valence-electron chi connectivity index (χ3n) is 3.13. The second-order valence-corrected chi connectivity index (χ2v) is 6.40. The zero-order valence-electron chi connectivity index (χ0n) is 11.6. The fourth-order valence-corrected chi connectivity index (χ4v) is 3.00. The van der Waals surface area contributed by atoms with Gasteiger partial charge < -0.3 is 15.2 Å². The molecule has 4 heteroatoms. The lowest BCUT2D eigenvalue weighted by atomic mass is 9.98. The molecule has 1 aromatic rings. The summed E-state index contributed by atoms with van der Waals surface area (Å²) in [6.45, 7) is 5.81. The van der Waals surface area contributed by atoms with Gasteiger partial charge in [0.25, 0.3) is 0 Å². The predicted octanol–water partition coefficient (Wildman–Crippen LogP) is 3.53. The van der Waals surface area contributed by atoms with Gasteiger partial charge in [-0.05, 0) is 52.4 Å². The van der Waals surface area contributed by atoms with E-state index in [4.69, 9.17) is 15.2 Å². The number of fused-ring (bicyclic) bond motifs is 1. The Labute approximate surface area is 123 Å². The van der Waals surface area contributed by atoms with E-state index in [0.717, 1.165) is 35.2 Å². The van der Waals surface area contributed by atoms with E-state index < -0.39 is 0 Å². The molecule has 2 rings (SSSR count). The molecule has 1 aromatic carbocycles. The molecule has 0 saturated heterocycles. The Morgan fingerprint density at radius 1 is 1.26 bits per heavy atom. The molecule has 0 amide bonds. The Kier molecular flexibility index (Phi) is 5.11. The van der Waals surface area contributed by atoms with Crippen LogP contribution in [0.15, 0.2) is 16.6 Å². The van der Waals surface area contributed by atoms with Gasteiger partial charge in [-0.3, -0.25) is 0 Å². The summed E-state index contributed by atoms with van der Waals surface area (Å²) in [6, 6.07) is 4.34. The van der Waals surface area contributed by atoms with Crippen molar-refractivity contribution in [1.82, 2.24) is 0 Å². The first-order valence-corrected chi connectivity index (χ1v) is 7.69. The lowest BCUT2D eigenvalue weighted by molar-refractivity contribution is 0.296. The maximum Gasteiger partial charge on any atom is 0.175 e. The third kappa shape index (κ3) is 4.11. The van der Waals surface area contributed by atoms with E-state index in [0.29, 0.717) is 19.1 Å². The third-order valence-corrected chi connectivity index (χ3v) is 3.72. The highest BCUT2D eigenvalue weighted by Gasteiger charge is 2.16. The minimum atomic E-state index is 0.191. The summed E-state index contributed by atoms with van der Waals surface area (Å²) in [5.74, 6) is 2.27. The summed E-state index contributed by atoms with van der Waals surface area (Å²) < 4.78 is 12.4. The van der Waals surface area contributed by atoms with E-state index in [1.165, 1.54) is 5.56 Å². The average Bonchev–Trinajstić information content (AvgIpc) is 2.53. The van der Waals surface area contributed by atoms with E-state index in [2.05, 4.69) is 41.9 Å². The molecule has 0 saturated carbocycles. The molecule has 0 radical (unpaired) electrons. The van der Waals surface area contributed by atoms with Crippen molar-refractivity contribution in [3.63, 3.8) is 0 Å². The maximum absolute atomic E-state index is 6.18. The molecular formula is C15H22BrNO2. The SMILES string of the molecule is CC(C)CC(N)Cc1cc(Br)c2c(c1)OCCCO2. The molecule has 1 heterocycles. The van der Waals surface area contributed by atoms with Gasteiger partial charge in [0, 0.05) is 12.5 Å². The van der Waals surface area contributed by atoms with Gasteiger partial charge in [0.2, 0.25) is 0 Å². The van der Waals surface area contributed by atoms with Crippen LogP contribution < -0.4 is 15.2 Å². The lowest BCUT2D eigenvalue weighted by Gasteiger charge is -2.16. The quantitative estimate of drug-likeness (QED) is 0.920. The highest BCUT2D eigenvalue weighted by Crippen LogP contribution is 2.38. The maximum atomic E-state index is 6.18. The average molecular weight is 328 g/mol. The van der Waals surface area contributed by atoms with Gasteiger partial charge in [0.05, 0.1) is 17.7 Å². The van der Waals surface area contributed by atoms with Crippen LogP contribution in [0.5, 0.6) is 11.5 Å². The van der Waals surface area contributed by atoms with Crippen molar-refractivity contribution in [3.8, 4) is 11.5 Å². The second kappa shape index (κ2) is 6.62. The monoisotopic (exact) mass is 327 g/mol. The van der Waals surface area contributed by atoms with Crippen LogP contribution in [-0.4, -0.2) is 19.3 Å². The highest BCUT2D eigenvalue weighted by atomic mass is 79.9. The van der Waals surface area contributed by atoms with E-state index in [9.17, 15) is 0 Å². The Balaban J connectivity index is 2.14. The number of hydrogen-bond acceptors (Lipinski definition) is 3. The summed E-state index contributed by atoms with van der Waals surface area (Å²) >= 11 is 3.56. The normalized spacial score (nSPS) is 16.3. The van der Waals surface area contributed by atoms with Crippen LogP contribution in [0.1, 0.15) is 32.3 Å². The molecule has 1 unspecified atom stereocenters. The van der Waals surface area contributed by atoms with Gasteiger partial charge >= 0.3 is 0 Å². The molecule has 106 valence electrons. The summed E-state index contributed by atoms with van der Waals surface area (Å²) in [7, 11) is 0. The molecule has 1 aliphatic heterocycles. The van der Waals surface area contributed by atoms with Gasteiger partial charge in [0.1, 0.15) is 0 Å². The number of nitrogens with two attached hydrogens (primary N) is 1. The van der Waals surface area contributed by atoms with Crippen molar-refractivity contribution in [2.45, 2.75) is 39.2 Å². The molecule has 1 aliphatic rings. The molecule has 0 bridgehead atoms. The molecule has 19 heavy (non-hydrogen) atoms. The number of benzene rings is 1. The molecule has 1 atom stereocenters. The van der Waals surface area contributed by atoms with Crippen molar-refractivity contribution < 1.29 is 9.47 Å². The summed E-state index contributed by atoms with van der Waals surface area (Å²) in [6.07, 6.45) is 2.82. The van der Waals surface area contributed by atoms with Gasteiger partial charge in [-0.25, -0.2) is 0 Å². The van der Waals surface area contributed by atoms with Crippen molar-refractivity contribution >= 4 is 15.9 Å². The topological polar surface area (TPSA) is 44.5 Å². The predicted molar refractivity (Wildman–Crippen MR) is 80.9 cm³/mol. The largest absolute Gasteiger partial charge is 0.490 e.